The number of pyridine rings is 1. The maximum atomic E-state index is 5.80. The van der Waals surface area contributed by atoms with E-state index in [0.29, 0.717) is 6.10 Å². The Kier molecular flexibility index (Phi) is 5.16. The van der Waals surface area contributed by atoms with Crippen molar-refractivity contribution in [2.75, 3.05) is 32.1 Å². The number of nitrogens with one attached hydrogen (secondary N) is 1. The largest absolute Gasteiger partial charge is 0.376 e. The Labute approximate surface area is 116 Å². The summed E-state index contributed by atoms with van der Waals surface area (Å²) < 4.78 is 5.80. The Bertz CT molecular complexity index is 402. The van der Waals surface area contributed by atoms with Gasteiger partial charge in [0.15, 0.2) is 0 Å². The van der Waals surface area contributed by atoms with Crippen LogP contribution in [-0.4, -0.2) is 38.3 Å². The van der Waals surface area contributed by atoms with Crippen molar-refractivity contribution in [3.63, 3.8) is 0 Å². The molecule has 19 heavy (non-hydrogen) atoms. The maximum absolute atomic E-state index is 5.80. The summed E-state index contributed by atoms with van der Waals surface area (Å²) >= 11 is 0. The number of aryl methyl sites for hydroxylation is 1. The zero-order chi connectivity index (χ0) is 13.7. The molecular weight excluding hydrogens is 238 g/mol. The van der Waals surface area contributed by atoms with Crippen molar-refractivity contribution in [2.24, 2.45) is 0 Å². The van der Waals surface area contributed by atoms with Crippen molar-refractivity contribution in [3.05, 3.63) is 23.4 Å². The molecular formula is C15H25N3O. The number of likely N-dealkylation sites (N-methyl/N-ethyl adjacent to an activating group) is 1. The first-order valence-electron chi connectivity index (χ1n) is 7.14. The molecule has 1 unspecified atom stereocenters. The molecule has 0 saturated carbocycles. The van der Waals surface area contributed by atoms with Gasteiger partial charge in [-0.05, 0) is 50.9 Å². The van der Waals surface area contributed by atoms with E-state index in [1.807, 2.05) is 14.0 Å². The smallest absolute Gasteiger partial charge is 0.128 e. The van der Waals surface area contributed by atoms with Crippen LogP contribution < -0.4 is 10.2 Å². The van der Waals surface area contributed by atoms with Crippen LogP contribution in [0.15, 0.2) is 12.1 Å². The van der Waals surface area contributed by atoms with Gasteiger partial charge in [0, 0.05) is 32.4 Å². The zero-order valence-corrected chi connectivity index (χ0v) is 12.3. The Balaban J connectivity index is 2.02. The fourth-order valence-electron chi connectivity index (χ4n) is 2.57. The lowest BCUT2D eigenvalue weighted by atomic mass is 10.1. The van der Waals surface area contributed by atoms with Gasteiger partial charge in [-0.25, -0.2) is 4.98 Å². The first-order chi connectivity index (χ1) is 9.19. The number of hydrogen-bond acceptors (Lipinski definition) is 4. The van der Waals surface area contributed by atoms with Crippen molar-refractivity contribution in [2.45, 2.75) is 38.8 Å². The van der Waals surface area contributed by atoms with Crippen LogP contribution in [-0.2, 0) is 11.3 Å². The normalized spacial score (nSPS) is 19.4. The fraction of sp³-hybridized carbons (Fsp3) is 0.667. The van der Waals surface area contributed by atoms with E-state index in [4.69, 9.17) is 4.74 Å². The van der Waals surface area contributed by atoms with Crippen LogP contribution in [0, 0.1) is 6.92 Å². The highest BCUT2D eigenvalue weighted by Crippen LogP contribution is 2.18. The SMILES string of the molecule is CNCc1cc(C)nc(N(C)CC2CCCCO2)c1. The molecule has 1 aromatic heterocycles. The van der Waals surface area contributed by atoms with Gasteiger partial charge >= 0.3 is 0 Å². The minimum atomic E-state index is 0.355. The average molecular weight is 263 g/mol. The van der Waals surface area contributed by atoms with Crippen LogP contribution in [0.25, 0.3) is 0 Å². The minimum absolute atomic E-state index is 0.355. The third-order valence-corrected chi connectivity index (χ3v) is 3.52. The third-order valence-electron chi connectivity index (χ3n) is 3.52. The minimum Gasteiger partial charge on any atom is -0.376 e. The van der Waals surface area contributed by atoms with Crippen molar-refractivity contribution < 1.29 is 4.74 Å². The van der Waals surface area contributed by atoms with Gasteiger partial charge in [-0.1, -0.05) is 0 Å². The third kappa shape index (κ3) is 4.18. The Hall–Kier alpha value is -1.13. The van der Waals surface area contributed by atoms with E-state index in [1.165, 1.54) is 24.8 Å². The molecule has 0 aromatic carbocycles. The van der Waals surface area contributed by atoms with E-state index in [-0.39, 0.29) is 0 Å². The van der Waals surface area contributed by atoms with Gasteiger partial charge < -0.3 is 15.0 Å². The van der Waals surface area contributed by atoms with Gasteiger partial charge in [0.1, 0.15) is 5.82 Å². The monoisotopic (exact) mass is 263 g/mol. The van der Waals surface area contributed by atoms with Crippen LogP contribution in [0.2, 0.25) is 0 Å². The Morgan fingerprint density at radius 2 is 2.26 bits per heavy atom. The summed E-state index contributed by atoms with van der Waals surface area (Å²) in [5.74, 6) is 1.04. The maximum Gasteiger partial charge on any atom is 0.128 e. The van der Waals surface area contributed by atoms with Crippen LogP contribution >= 0.6 is 0 Å². The fourth-order valence-corrected chi connectivity index (χ4v) is 2.57. The summed E-state index contributed by atoms with van der Waals surface area (Å²) in [5.41, 5.74) is 2.35. The van der Waals surface area contributed by atoms with E-state index >= 15 is 0 Å². The molecule has 1 aromatic rings. The first-order valence-corrected chi connectivity index (χ1v) is 7.14. The second kappa shape index (κ2) is 6.87. The van der Waals surface area contributed by atoms with E-state index in [2.05, 4.69) is 34.4 Å². The van der Waals surface area contributed by atoms with Gasteiger partial charge in [0.05, 0.1) is 6.10 Å². The molecule has 1 N–H and O–H groups in total. The summed E-state index contributed by atoms with van der Waals surface area (Å²) in [6.45, 7) is 4.76. The van der Waals surface area contributed by atoms with Crippen LogP contribution in [0.5, 0.6) is 0 Å². The standard InChI is InChI=1S/C15H25N3O/c1-12-8-13(10-16-2)9-15(17-12)18(3)11-14-6-4-5-7-19-14/h8-9,14,16H,4-7,10-11H2,1-3H3. The lowest BCUT2D eigenvalue weighted by Crippen LogP contribution is -2.33. The molecule has 1 aliphatic heterocycles. The molecule has 0 aliphatic carbocycles. The molecule has 4 nitrogen and oxygen atoms in total. The van der Waals surface area contributed by atoms with E-state index in [0.717, 1.165) is 31.2 Å². The van der Waals surface area contributed by atoms with E-state index < -0.39 is 0 Å². The van der Waals surface area contributed by atoms with Gasteiger partial charge in [-0.2, -0.15) is 0 Å². The molecule has 0 radical (unpaired) electrons. The number of rotatable bonds is 5. The molecule has 0 bridgehead atoms. The van der Waals surface area contributed by atoms with E-state index in [9.17, 15) is 0 Å². The quantitative estimate of drug-likeness (QED) is 0.883. The number of anilines is 1. The first kappa shape index (κ1) is 14.3. The van der Waals surface area contributed by atoms with Gasteiger partial charge in [0.25, 0.3) is 0 Å². The van der Waals surface area contributed by atoms with Crippen molar-refractivity contribution in [1.29, 1.82) is 0 Å². The van der Waals surface area contributed by atoms with Crippen LogP contribution in [0.4, 0.5) is 5.82 Å². The average Bonchev–Trinajstić information content (AvgIpc) is 2.39. The van der Waals surface area contributed by atoms with Gasteiger partial charge in [-0.3, -0.25) is 0 Å². The van der Waals surface area contributed by atoms with Gasteiger partial charge in [-0.15, -0.1) is 0 Å². The second-order valence-electron chi connectivity index (χ2n) is 5.37. The summed E-state index contributed by atoms with van der Waals surface area (Å²) in [6.07, 6.45) is 4.01. The number of hydrogen-bond donors (Lipinski definition) is 1. The number of nitrogens with zero attached hydrogens (tertiary/aromatic N) is 2. The lowest BCUT2D eigenvalue weighted by Gasteiger charge is -2.28. The molecule has 0 amide bonds. The Morgan fingerprint density at radius 3 is 2.95 bits per heavy atom. The summed E-state index contributed by atoms with van der Waals surface area (Å²) in [4.78, 5) is 6.83. The predicted octanol–water partition coefficient (Wildman–Crippen LogP) is 2.11. The van der Waals surface area contributed by atoms with Crippen molar-refractivity contribution >= 4 is 5.82 Å². The van der Waals surface area contributed by atoms with E-state index in [1.54, 1.807) is 0 Å². The summed E-state index contributed by atoms with van der Waals surface area (Å²) in [5, 5.41) is 3.19. The van der Waals surface area contributed by atoms with Crippen LogP contribution in [0.3, 0.4) is 0 Å². The molecule has 1 atom stereocenters. The summed E-state index contributed by atoms with van der Waals surface area (Å²) in [6, 6.07) is 4.29. The van der Waals surface area contributed by atoms with Gasteiger partial charge in [0.2, 0.25) is 0 Å². The molecule has 2 rings (SSSR count). The zero-order valence-electron chi connectivity index (χ0n) is 12.3. The molecule has 4 heteroatoms. The highest BCUT2D eigenvalue weighted by atomic mass is 16.5. The molecule has 2 heterocycles. The van der Waals surface area contributed by atoms with Crippen LogP contribution in [0.1, 0.15) is 30.5 Å². The lowest BCUT2D eigenvalue weighted by molar-refractivity contribution is 0.0215. The second-order valence-corrected chi connectivity index (χ2v) is 5.37. The highest BCUT2D eigenvalue weighted by Gasteiger charge is 2.17. The molecule has 1 aliphatic rings. The topological polar surface area (TPSA) is 37.4 Å². The van der Waals surface area contributed by atoms with Crippen molar-refractivity contribution in [1.82, 2.24) is 10.3 Å². The molecule has 1 fully saturated rings. The number of aromatic nitrogens is 1. The number of ether oxygens (including phenoxy) is 1. The predicted molar refractivity (Wildman–Crippen MR) is 78.6 cm³/mol. The Morgan fingerprint density at radius 1 is 1.42 bits per heavy atom. The molecule has 106 valence electrons. The van der Waals surface area contributed by atoms with Crippen molar-refractivity contribution in [3.8, 4) is 0 Å². The molecule has 1 saturated heterocycles. The molecule has 0 spiro atoms. The summed E-state index contributed by atoms with van der Waals surface area (Å²) in [7, 11) is 4.07. The highest BCUT2D eigenvalue weighted by molar-refractivity contribution is 5.42.